The van der Waals surface area contributed by atoms with Crippen molar-refractivity contribution in [3.05, 3.63) is 16.9 Å². The Kier molecular flexibility index (Phi) is 5.98. The van der Waals surface area contributed by atoms with E-state index >= 15 is 0 Å². The Morgan fingerprint density at radius 1 is 1.37 bits per heavy atom. The minimum absolute atomic E-state index is 0.111. The molecule has 19 heavy (non-hydrogen) atoms. The molecule has 6 nitrogen and oxygen atoms in total. The molecule has 1 heterocycles. The molecule has 0 N–H and O–H groups in total. The summed E-state index contributed by atoms with van der Waals surface area (Å²) >= 11 is 5.98. The second-order valence-corrected chi connectivity index (χ2v) is 4.68. The summed E-state index contributed by atoms with van der Waals surface area (Å²) in [5, 5.41) is 0.111. The zero-order chi connectivity index (χ0) is 14.4. The number of likely N-dealkylation sites (N-methyl/N-ethyl adjacent to an activating group) is 2. The number of hydrogen-bond acceptors (Lipinski definition) is 6. The van der Waals surface area contributed by atoms with Crippen molar-refractivity contribution in [2.45, 2.75) is 6.92 Å². The maximum absolute atomic E-state index is 11.6. The van der Waals surface area contributed by atoms with Gasteiger partial charge in [0.2, 0.25) is 5.95 Å². The average molecular weight is 287 g/mol. The van der Waals surface area contributed by atoms with Crippen molar-refractivity contribution >= 4 is 23.5 Å². The first-order chi connectivity index (χ1) is 8.95. The summed E-state index contributed by atoms with van der Waals surface area (Å²) in [6.45, 7) is 3.66. The van der Waals surface area contributed by atoms with Crippen LogP contribution in [0.5, 0.6) is 0 Å². The molecule has 0 spiro atoms. The van der Waals surface area contributed by atoms with Gasteiger partial charge in [0.15, 0.2) is 0 Å². The van der Waals surface area contributed by atoms with E-state index in [4.69, 9.17) is 16.3 Å². The number of carbonyl (C=O) groups is 1. The van der Waals surface area contributed by atoms with Gasteiger partial charge in [0.25, 0.3) is 0 Å². The number of halogens is 1. The van der Waals surface area contributed by atoms with E-state index < -0.39 is 5.97 Å². The third-order valence-corrected chi connectivity index (χ3v) is 2.74. The molecule has 0 aliphatic heterocycles. The molecule has 0 radical (unpaired) electrons. The lowest BCUT2D eigenvalue weighted by molar-refractivity contribution is 0.0525. The number of esters is 1. The number of aromatic nitrogens is 2. The largest absolute Gasteiger partial charge is 0.462 e. The third kappa shape index (κ3) is 4.65. The Bertz CT molecular complexity index is 440. The van der Waals surface area contributed by atoms with Gasteiger partial charge in [-0.05, 0) is 21.0 Å². The van der Waals surface area contributed by atoms with Gasteiger partial charge >= 0.3 is 5.97 Å². The van der Waals surface area contributed by atoms with Crippen LogP contribution in [0.2, 0.25) is 5.15 Å². The summed E-state index contributed by atoms with van der Waals surface area (Å²) in [7, 11) is 5.86. The van der Waals surface area contributed by atoms with Crippen molar-refractivity contribution in [3.8, 4) is 0 Å². The van der Waals surface area contributed by atoms with Gasteiger partial charge in [-0.2, -0.15) is 0 Å². The van der Waals surface area contributed by atoms with Crippen LogP contribution in [0.4, 0.5) is 5.95 Å². The van der Waals surface area contributed by atoms with Gasteiger partial charge in [0.1, 0.15) is 10.7 Å². The molecule has 0 unspecified atom stereocenters. The predicted molar refractivity (Wildman–Crippen MR) is 74.8 cm³/mol. The van der Waals surface area contributed by atoms with E-state index in [9.17, 15) is 4.79 Å². The van der Waals surface area contributed by atoms with Crippen molar-refractivity contribution in [2.24, 2.45) is 0 Å². The summed E-state index contributed by atoms with van der Waals surface area (Å²) in [6.07, 6.45) is 1.40. The number of nitrogens with zero attached hydrogens (tertiary/aromatic N) is 4. The first kappa shape index (κ1) is 15.7. The van der Waals surface area contributed by atoms with E-state index in [0.717, 1.165) is 13.1 Å². The molecule has 0 saturated heterocycles. The zero-order valence-electron chi connectivity index (χ0n) is 11.7. The van der Waals surface area contributed by atoms with Gasteiger partial charge in [-0.25, -0.2) is 14.8 Å². The fourth-order valence-corrected chi connectivity index (χ4v) is 1.53. The number of carbonyl (C=O) groups excluding carboxylic acids is 1. The van der Waals surface area contributed by atoms with Crippen LogP contribution in [0.25, 0.3) is 0 Å². The van der Waals surface area contributed by atoms with Gasteiger partial charge in [-0.15, -0.1) is 0 Å². The highest BCUT2D eigenvalue weighted by Gasteiger charge is 2.15. The summed E-state index contributed by atoms with van der Waals surface area (Å²) in [5.41, 5.74) is 0.188. The molecule has 1 rings (SSSR count). The topological polar surface area (TPSA) is 58.6 Å². The molecular weight excluding hydrogens is 268 g/mol. The number of hydrogen-bond donors (Lipinski definition) is 0. The highest BCUT2D eigenvalue weighted by atomic mass is 35.5. The van der Waals surface area contributed by atoms with Crippen molar-refractivity contribution in [2.75, 3.05) is 45.7 Å². The highest BCUT2D eigenvalue weighted by Crippen LogP contribution is 2.16. The van der Waals surface area contributed by atoms with Crippen LogP contribution in [-0.4, -0.2) is 61.7 Å². The van der Waals surface area contributed by atoms with Gasteiger partial charge < -0.3 is 14.5 Å². The Morgan fingerprint density at radius 2 is 2.05 bits per heavy atom. The molecule has 1 aromatic heterocycles. The predicted octanol–water partition coefficient (Wildman–Crippen LogP) is 1.30. The molecule has 0 aliphatic carbocycles. The van der Waals surface area contributed by atoms with Crippen LogP contribution in [0.3, 0.4) is 0 Å². The van der Waals surface area contributed by atoms with Crippen LogP contribution >= 0.6 is 11.6 Å². The molecule has 1 aromatic rings. The molecule has 0 bridgehead atoms. The number of anilines is 1. The van der Waals surface area contributed by atoms with E-state index in [-0.39, 0.29) is 10.7 Å². The van der Waals surface area contributed by atoms with E-state index in [1.54, 1.807) is 6.92 Å². The van der Waals surface area contributed by atoms with E-state index in [1.165, 1.54) is 6.20 Å². The monoisotopic (exact) mass is 286 g/mol. The molecule has 0 aliphatic rings. The SMILES string of the molecule is CCOC(=O)c1cnc(N(C)CCN(C)C)nc1Cl. The first-order valence-electron chi connectivity index (χ1n) is 6.01. The lowest BCUT2D eigenvalue weighted by Crippen LogP contribution is -2.29. The smallest absolute Gasteiger partial charge is 0.342 e. The number of ether oxygens (including phenoxy) is 1. The van der Waals surface area contributed by atoms with Crippen molar-refractivity contribution < 1.29 is 9.53 Å². The molecule has 106 valence electrons. The minimum Gasteiger partial charge on any atom is -0.462 e. The van der Waals surface area contributed by atoms with Gasteiger partial charge in [0.05, 0.1) is 6.61 Å². The first-order valence-corrected chi connectivity index (χ1v) is 6.39. The van der Waals surface area contributed by atoms with Gasteiger partial charge in [-0.3, -0.25) is 0 Å². The zero-order valence-corrected chi connectivity index (χ0v) is 12.4. The molecule has 0 atom stereocenters. The Morgan fingerprint density at radius 3 is 2.58 bits per heavy atom. The van der Waals surface area contributed by atoms with Crippen LogP contribution in [0.15, 0.2) is 6.20 Å². The molecule has 0 saturated carbocycles. The fourth-order valence-electron chi connectivity index (χ4n) is 1.33. The maximum atomic E-state index is 11.6. The molecule has 7 heteroatoms. The van der Waals surface area contributed by atoms with Crippen molar-refractivity contribution in [3.63, 3.8) is 0 Å². The average Bonchev–Trinajstić information content (AvgIpc) is 2.35. The standard InChI is InChI=1S/C12H19ClN4O2/c1-5-19-11(18)9-8-14-12(15-10(9)13)17(4)7-6-16(2)3/h8H,5-7H2,1-4H3. The minimum atomic E-state index is -0.505. The van der Waals surface area contributed by atoms with E-state index in [2.05, 4.69) is 14.9 Å². The Balaban J connectivity index is 2.78. The summed E-state index contributed by atoms with van der Waals surface area (Å²) in [5.74, 6) is -0.0186. The normalized spacial score (nSPS) is 10.6. The van der Waals surface area contributed by atoms with E-state index in [1.807, 2.05) is 26.0 Å². The molecule has 0 aromatic carbocycles. The Hall–Kier alpha value is -1.40. The maximum Gasteiger partial charge on any atom is 0.342 e. The lowest BCUT2D eigenvalue weighted by Gasteiger charge is -2.19. The quantitative estimate of drug-likeness (QED) is 0.580. The van der Waals surface area contributed by atoms with Crippen LogP contribution in [0, 0.1) is 0 Å². The summed E-state index contributed by atoms with van der Waals surface area (Å²) < 4.78 is 4.86. The third-order valence-electron chi connectivity index (χ3n) is 2.45. The Labute approximate surface area is 118 Å². The second kappa shape index (κ2) is 7.25. The van der Waals surface area contributed by atoms with Crippen LogP contribution in [0.1, 0.15) is 17.3 Å². The summed E-state index contributed by atoms with van der Waals surface area (Å²) in [4.78, 5) is 23.7. The molecule has 0 amide bonds. The van der Waals surface area contributed by atoms with E-state index in [0.29, 0.717) is 12.6 Å². The highest BCUT2D eigenvalue weighted by molar-refractivity contribution is 6.32. The van der Waals surface area contributed by atoms with Crippen LogP contribution in [-0.2, 0) is 4.74 Å². The molecule has 0 fully saturated rings. The van der Waals surface area contributed by atoms with Gasteiger partial charge in [-0.1, -0.05) is 11.6 Å². The van der Waals surface area contributed by atoms with Gasteiger partial charge in [0, 0.05) is 26.3 Å². The van der Waals surface area contributed by atoms with Crippen molar-refractivity contribution in [1.29, 1.82) is 0 Å². The second-order valence-electron chi connectivity index (χ2n) is 4.32. The lowest BCUT2D eigenvalue weighted by atomic mass is 10.3. The van der Waals surface area contributed by atoms with Crippen LogP contribution < -0.4 is 4.90 Å². The molecular formula is C12H19ClN4O2. The number of rotatable bonds is 6. The fraction of sp³-hybridized carbons (Fsp3) is 0.583. The van der Waals surface area contributed by atoms with Crippen molar-refractivity contribution in [1.82, 2.24) is 14.9 Å². The summed E-state index contributed by atoms with van der Waals surface area (Å²) in [6, 6.07) is 0.